The Bertz CT molecular complexity index is 696. The zero-order chi connectivity index (χ0) is 15.0. The van der Waals surface area contributed by atoms with E-state index in [2.05, 4.69) is 12.2 Å². The lowest BCUT2D eigenvalue weighted by Gasteiger charge is -2.20. The Morgan fingerprint density at radius 2 is 2.19 bits per heavy atom. The number of halogens is 1. The number of hydrogen-bond acceptors (Lipinski definition) is 3. The summed E-state index contributed by atoms with van der Waals surface area (Å²) < 4.78 is 14.3. The Labute approximate surface area is 127 Å². The summed E-state index contributed by atoms with van der Waals surface area (Å²) in [4.78, 5) is 13.6. The second-order valence-electron chi connectivity index (χ2n) is 5.21. The molecule has 1 aliphatic rings. The van der Waals surface area contributed by atoms with E-state index in [0.29, 0.717) is 24.1 Å². The molecular formula is C16H17FN2OS. The summed E-state index contributed by atoms with van der Waals surface area (Å²) >= 11 is 1.62. The van der Waals surface area contributed by atoms with Gasteiger partial charge < -0.3 is 11.1 Å². The van der Waals surface area contributed by atoms with E-state index in [1.165, 1.54) is 10.9 Å². The van der Waals surface area contributed by atoms with Crippen molar-refractivity contribution in [1.29, 1.82) is 0 Å². The van der Waals surface area contributed by atoms with Crippen molar-refractivity contribution < 1.29 is 9.18 Å². The molecule has 3 rings (SSSR count). The minimum Gasteiger partial charge on any atom is -0.326 e. The number of fused-ring (bicyclic) bond motifs is 1. The van der Waals surface area contributed by atoms with E-state index in [4.69, 9.17) is 5.73 Å². The standard InChI is InChI=1S/C16H17FN2OS/c1-2-10-4-5-14(21-10)16(18)11-7-9-3-6-15(20)19-13(9)8-12(11)17/h4-5,7-8,16H,2-3,6,18H2,1H3,(H,19,20). The Balaban J connectivity index is 1.96. The number of aryl methyl sites for hydroxylation is 2. The van der Waals surface area contributed by atoms with Crippen LogP contribution < -0.4 is 11.1 Å². The number of carbonyl (C=O) groups is 1. The van der Waals surface area contributed by atoms with Gasteiger partial charge in [0.1, 0.15) is 5.82 Å². The SMILES string of the molecule is CCc1ccc(C(N)c2cc3c(cc2F)NC(=O)CC3)s1. The molecule has 5 heteroatoms. The predicted octanol–water partition coefficient (Wildman–Crippen LogP) is 3.38. The van der Waals surface area contributed by atoms with Gasteiger partial charge in [-0.2, -0.15) is 0 Å². The van der Waals surface area contributed by atoms with Gasteiger partial charge in [-0.05, 0) is 42.7 Å². The van der Waals surface area contributed by atoms with Gasteiger partial charge >= 0.3 is 0 Å². The van der Waals surface area contributed by atoms with Gasteiger partial charge in [0.05, 0.1) is 6.04 Å². The van der Waals surface area contributed by atoms with Gasteiger partial charge in [0.15, 0.2) is 0 Å². The van der Waals surface area contributed by atoms with Crippen molar-refractivity contribution >= 4 is 22.9 Å². The number of rotatable bonds is 3. The average molecular weight is 304 g/mol. The van der Waals surface area contributed by atoms with Gasteiger partial charge in [-0.3, -0.25) is 4.79 Å². The maximum absolute atomic E-state index is 14.3. The van der Waals surface area contributed by atoms with Crippen molar-refractivity contribution in [2.75, 3.05) is 5.32 Å². The normalized spacial score (nSPS) is 15.5. The topological polar surface area (TPSA) is 55.1 Å². The van der Waals surface area contributed by atoms with E-state index >= 15 is 0 Å². The maximum atomic E-state index is 14.3. The van der Waals surface area contributed by atoms with Crippen LogP contribution in [0.2, 0.25) is 0 Å². The van der Waals surface area contributed by atoms with Crippen LogP contribution in [0.1, 0.15) is 40.3 Å². The monoisotopic (exact) mass is 304 g/mol. The molecule has 1 amide bonds. The lowest BCUT2D eigenvalue weighted by molar-refractivity contribution is -0.116. The van der Waals surface area contributed by atoms with Crippen LogP contribution >= 0.6 is 11.3 Å². The molecule has 0 aliphatic carbocycles. The minimum absolute atomic E-state index is 0.0650. The first-order valence-electron chi connectivity index (χ1n) is 7.05. The molecule has 0 bridgehead atoms. The molecule has 0 fully saturated rings. The number of amides is 1. The molecule has 1 atom stereocenters. The van der Waals surface area contributed by atoms with E-state index in [-0.39, 0.29) is 11.7 Å². The summed E-state index contributed by atoms with van der Waals surface area (Å²) in [6.45, 7) is 2.09. The third kappa shape index (κ3) is 2.71. The molecule has 110 valence electrons. The van der Waals surface area contributed by atoms with Crippen LogP contribution in [0.15, 0.2) is 24.3 Å². The van der Waals surface area contributed by atoms with Crippen LogP contribution in [0.25, 0.3) is 0 Å². The fourth-order valence-corrected chi connectivity index (χ4v) is 3.54. The van der Waals surface area contributed by atoms with Crippen LogP contribution in [0.4, 0.5) is 10.1 Å². The summed E-state index contributed by atoms with van der Waals surface area (Å²) in [6, 6.07) is 6.72. The van der Waals surface area contributed by atoms with Crippen molar-refractivity contribution in [3.63, 3.8) is 0 Å². The van der Waals surface area contributed by atoms with Crippen LogP contribution in [0.3, 0.4) is 0 Å². The van der Waals surface area contributed by atoms with Crippen molar-refractivity contribution in [3.05, 3.63) is 51.0 Å². The predicted molar refractivity (Wildman–Crippen MR) is 83.1 cm³/mol. The van der Waals surface area contributed by atoms with Crippen LogP contribution in [-0.2, 0) is 17.6 Å². The first kappa shape index (κ1) is 14.2. The first-order valence-corrected chi connectivity index (χ1v) is 7.86. The second-order valence-corrected chi connectivity index (χ2v) is 6.41. The molecule has 3 nitrogen and oxygen atoms in total. The molecule has 3 N–H and O–H groups in total. The van der Waals surface area contributed by atoms with E-state index < -0.39 is 6.04 Å². The van der Waals surface area contributed by atoms with E-state index in [1.807, 2.05) is 12.1 Å². The lowest BCUT2D eigenvalue weighted by atomic mass is 9.96. The van der Waals surface area contributed by atoms with Gasteiger partial charge in [-0.1, -0.05) is 6.92 Å². The highest BCUT2D eigenvalue weighted by atomic mass is 32.1. The van der Waals surface area contributed by atoms with E-state index in [9.17, 15) is 9.18 Å². The third-order valence-corrected chi connectivity index (χ3v) is 5.10. The van der Waals surface area contributed by atoms with Gasteiger partial charge in [-0.25, -0.2) is 4.39 Å². The Morgan fingerprint density at radius 1 is 1.38 bits per heavy atom. The summed E-state index contributed by atoms with van der Waals surface area (Å²) in [5, 5.41) is 2.70. The summed E-state index contributed by atoms with van der Waals surface area (Å²) in [6.07, 6.45) is 2.02. The van der Waals surface area contributed by atoms with Gasteiger partial charge in [-0.15, -0.1) is 11.3 Å². The van der Waals surface area contributed by atoms with E-state index in [1.54, 1.807) is 17.4 Å². The molecular weight excluding hydrogens is 287 g/mol. The highest BCUT2D eigenvalue weighted by molar-refractivity contribution is 7.12. The Morgan fingerprint density at radius 3 is 2.90 bits per heavy atom. The number of hydrogen-bond donors (Lipinski definition) is 2. The largest absolute Gasteiger partial charge is 0.326 e. The molecule has 0 radical (unpaired) electrons. The maximum Gasteiger partial charge on any atom is 0.224 e. The van der Waals surface area contributed by atoms with Gasteiger partial charge in [0.2, 0.25) is 5.91 Å². The smallest absolute Gasteiger partial charge is 0.224 e. The molecule has 1 unspecified atom stereocenters. The molecule has 21 heavy (non-hydrogen) atoms. The van der Waals surface area contributed by atoms with Crippen LogP contribution in [-0.4, -0.2) is 5.91 Å². The van der Waals surface area contributed by atoms with Crippen molar-refractivity contribution in [1.82, 2.24) is 0 Å². The lowest BCUT2D eigenvalue weighted by Crippen LogP contribution is -2.21. The minimum atomic E-state index is -0.460. The molecule has 1 aromatic heterocycles. The number of anilines is 1. The van der Waals surface area contributed by atoms with Crippen molar-refractivity contribution in [3.8, 4) is 0 Å². The molecule has 0 saturated heterocycles. The zero-order valence-electron chi connectivity index (χ0n) is 11.8. The van der Waals surface area contributed by atoms with Crippen LogP contribution in [0, 0.1) is 5.82 Å². The van der Waals surface area contributed by atoms with Crippen LogP contribution in [0.5, 0.6) is 0 Å². The average Bonchev–Trinajstić information content (AvgIpc) is 2.94. The molecule has 2 aromatic rings. The quantitative estimate of drug-likeness (QED) is 0.913. The first-order chi connectivity index (χ1) is 10.1. The number of nitrogens with two attached hydrogens (primary N) is 1. The fraction of sp³-hybridized carbons (Fsp3) is 0.312. The summed E-state index contributed by atoms with van der Waals surface area (Å²) in [7, 11) is 0. The summed E-state index contributed by atoms with van der Waals surface area (Å²) in [5.41, 5.74) is 8.25. The van der Waals surface area contributed by atoms with Gasteiger partial charge in [0.25, 0.3) is 0 Å². The molecule has 0 saturated carbocycles. The molecule has 0 spiro atoms. The number of thiophene rings is 1. The number of carbonyl (C=O) groups excluding carboxylic acids is 1. The second kappa shape index (κ2) is 5.58. The van der Waals surface area contributed by atoms with E-state index in [0.717, 1.165) is 16.9 Å². The zero-order valence-corrected chi connectivity index (χ0v) is 12.6. The van der Waals surface area contributed by atoms with Crippen molar-refractivity contribution in [2.24, 2.45) is 5.73 Å². The van der Waals surface area contributed by atoms with Gasteiger partial charge in [0, 0.05) is 27.4 Å². The Kier molecular flexibility index (Phi) is 3.78. The summed E-state index contributed by atoms with van der Waals surface area (Å²) in [5.74, 6) is -0.431. The molecule has 1 aliphatic heterocycles. The molecule has 2 heterocycles. The Hall–Kier alpha value is -1.72. The molecule has 1 aromatic carbocycles. The fourth-order valence-electron chi connectivity index (χ4n) is 2.56. The highest BCUT2D eigenvalue weighted by Crippen LogP contribution is 2.33. The third-order valence-electron chi connectivity index (χ3n) is 3.79. The number of nitrogens with one attached hydrogen (secondary N) is 1. The highest BCUT2D eigenvalue weighted by Gasteiger charge is 2.21. The number of benzene rings is 1. The van der Waals surface area contributed by atoms with Crippen molar-refractivity contribution in [2.45, 2.75) is 32.2 Å².